The first-order chi connectivity index (χ1) is 9.10. The molecule has 3 N–H and O–H groups in total. The average molecular weight is 279 g/mol. The summed E-state index contributed by atoms with van der Waals surface area (Å²) in [6.07, 6.45) is 0.538. The maximum atomic E-state index is 13.2. The van der Waals surface area contributed by atoms with Crippen molar-refractivity contribution < 1.29 is 4.39 Å². The highest BCUT2D eigenvalue weighted by Crippen LogP contribution is 2.24. The highest BCUT2D eigenvalue weighted by atomic mass is 35.5. The summed E-state index contributed by atoms with van der Waals surface area (Å²) in [6, 6.07) is 12.3. The fourth-order valence-corrected chi connectivity index (χ4v) is 2.19. The van der Waals surface area contributed by atoms with Crippen LogP contribution in [-0.2, 0) is 6.42 Å². The van der Waals surface area contributed by atoms with Gasteiger partial charge in [0.15, 0.2) is 0 Å². The van der Waals surface area contributed by atoms with E-state index in [2.05, 4.69) is 5.43 Å². The van der Waals surface area contributed by atoms with Crippen molar-refractivity contribution >= 4 is 11.6 Å². The summed E-state index contributed by atoms with van der Waals surface area (Å²) in [7, 11) is 0. The van der Waals surface area contributed by atoms with Crippen LogP contribution in [0.4, 0.5) is 4.39 Å². The highest BCUT2D eigenvalue weighted by molar-refractivity contribution is 6.31. The standard InChI is InChI=1S/C15H16ClFN2/c1-10-2-4-11(5-3-10)15(19-18)9-12-8-13(17)6-7-14(12)16/h2-8,15,19H,9,18H2,1H3. The molecular weight excluding hydrogens is 263 g/mol. The van der Waals surface area contributed by atoms with Gasteiger partial charge < -0.3 is 0 Å². The molecule has 2 aromatic carbocycles. The molecule has 0 aliphatic heterocycles. The molecule has 2 nitrogen and oxygen atoms in total. The molecular formula is C15H16ClFN2. The summed E-state index contributed by atoms with van der Waals surface area (Å²) < 4.78 is 13.2. The monoisotopic (exact) mass is 278 g/mol. The number of benzene rings is 2. The predicted molar refractivity (Wildman–Crippen MR) is 76.4 cm³/mol. The number of hydrogen-bond acceptors (Lipinski definition) is 2. The number of nitrogens with two attached hydrogens (primary N) is 1. The zero-order chi connectivity index (χ0) is 13.8. The lowest BCUT2D eigenvalue weighted by Gasteiger charge is -2.17. The topological polar surface area (TPSA) is 38.0 Å². The number of hydrogen-bond donors (Lipinski definition) is 2. The van der Waals surface area contributed by atoms with Gasteiger partial charge in [0, 0.05) is 5.02 Å². The Morgan fingerprint density at radius 2 is 1.89 bits per heavy atom. The number of nitrogens with one attached hydrogen (secondary N) is 1. The first-order valence-corrected chi connectivity index (χ1v) is 6.44. The van der Waals surface area contributed by atoms with E-state index < -0.39 is 0 Å². The second kappa shape index (κ2) is 6.15. The van der Waals surface area contributed by atoms with Crippen LogP contribution in [0.3, 0.4) is 0 Å². The van der Waals surface area contributed by atoms with E-state index in [1.165, 1.54) is 17.7 Å². The molecule has 0 fully saturated rings. The predicted octanol–water partition coefficient (Wildman–Crippen LogP) is 3.53. The molecule has 0 heterocycles. The Kier molecular flexibility index (Phi) is 4.53. The average Bonchev–Trinajstić information content (AvgIpc) is 2.41. The van der Waals surface area contributed by atoms with Crippen LogP contribution in [0.25, 0.3) is 0 Å². The van der Waals surface area contributed by atoms with Crippen molar-refractivity contribution in [3.05, 3.63) is 70.0 Å². The van der Waals surface area contributed by atoms with E-state index in [1.807, 2.05) is 31.2 Å². The largest absolute Gasteiger partial charge is 0.271 e. The smallest absolute Gasteiger partial charge is 0.123 e. The van der Waals surface area contributed by atoms with Gasteiger partial charge in [-0.25, -0.2) is 4.39 Å². The first-order valence-electron chi connectivity index (χ1n) is 6.07. The van der Waals surface area contributed by atoms with Gasteiger partial charge in [-0.2, -0.15) is 0 Å². The van der Waals surface area contributed by atoms with Crippen molar-refractivity contribution in [3.63, 3.8) is 0 Å². The van der Waals surface area contributed by atoms with Crippen molar-refractivity contribution in [1.29, 1.82) is 0 Å². The summed E-state index contributed by atoms with van der Waals surface area (Å²) in [4.78, 5) is 0. The van der Waals surface area contributed by atoms with E-state index >= 15 is 0 Å². The summed E-state index contributed by atoms with van der Waals surface area (Å²) in [6.45, 7) is 2.03. The molecule has 19 heavy (non-hydrogen) atoms. The molecule has 4 heteroatoms. The Labute approximate surface area is 117 Å². The van der Waals surface area contributed by atoms with Gasteiger partial charge in [-0.15, -0.1) is 0 Å². The molecule has 100 valence electrons. The van der Waals surface area contributed by atoms with Crippen molar-refractivity contribution in [2.24, 2.45) is 5.84 Å². The fourth-order valence-electron chi connectivity index (χ4n) is 1.99. The van der Waals surface area contributed by atoms with E-state index in [9.17, 15) is 4.39 Å². The summed E-state index contributed by atoms with van der Waals surface area (Å²) >= 11 is 6.07. The van der Waals surface area contributed by atoms with Gasteiger partial charge in [-0.3, -0.25) is 11.3 Å². The molecule has 0 aliphatic carbocycles. The lowest BCUT2D eigenvalue weighted by molar-refractivity contribution is 0.548. The van der Waals surface area contributed by atoms with Gasteiger partial charge in [-0.1, -0.05) is 41.4 Å². The van der Waals surface area contributed by atoms with Gasteiger partial charge >= 0.3 is 0 Å². The Hall–Kier alpha value is -1.42. The van der Waals surface area contributed by atoms with Crippen LogP contribution < -0.4 is 11.3 Å². The Morgan fingerprint density at radius 1 is 1.21 bits per heavy atom. The minimum absolute atomic E-state index is 0.0973. The van der Waals surface area contributed by atoms with Gasteiger partial charge in [0.25, 0.3) is 0 Å². The van der Waals surface area contributed by atoms with E-state index in [0.29, 0.717) is 11.4 Å². The second-order valence-electron chi connectivity index (χ2n) is 4.57. The van der Waals surface area contributed by atoms with Crippen LogP contribution >= 0.6 is 11.6 Å². The Balaban J connectivity index is 2.23. The number of halogens is 2. The van der Waals surface area contributed by atoms with Gasteiger partial charge in [0.1, 0.15) is 5.82 Å². The molecule has 2 rings (SSSR count). The number of hydrazine groups is 1. The second-order valence-corrected chi connectivity index (χ2v) is 4.98. The Morgan fingerprint density at radius 3 is 2.53 bits per heavy atom. The minimum atomic E-state index is -0.293. The van der Waals surface area contributed by atoms with Crippen LogP contribution in [0.1, 0.15) is 22.7 Å². The normalized spacial score (nSPS) is 12.4. The van der Waals surface area contributed by atoms with Crippen LogP contribution in [0.5, 0.6) is 0 Å². The molecule has 1 atom stereocenters. The third-order valence-electron chi connectivity index (χ3n) is 3.11. The summed E-state index contributed by atoms with van der Waals surface area (Å²) in [5.74, 6) is 5.30. The number of aryl methyl sites for hydroxylation is 1. The maximum Gasteiger partial charge on any atom is 0.123 e. The van der Waals surface area contributed by atoms with E-state index in [-0.39, 0.29) is 11.9 Å². The van der Waals surface area contributed by atoms with Gasteiger partial charge in [0.05, 0.1) is 6.04 Å². The molecule has 0 bridgehead atoms. The molecule has 0 radical (unpaired) electrons. The first kappa shape index (κ1) is 14.0. The van der Waals surface area contributed by atoms with Crippen LogP contribution in [0.15, 0.2) is 42.5 Å². The lowest BCUT2D eigenvalue weighted by Crippen LogP contribution is -2.29. The van der Waals surface area contributed by atoms with Crippen LogP contribution in [-0.4, -0.2) is 0 Å². The molecule has 2 aromatic rings. The summed E-state index contributed by atoms with van der Waals surface area (Å²) in [5, 5.41) is 0.550. The third kappa shape index (κ3) is 3.53. The highest BCUT2D eigenvalue weighted by Gasteiger charge is 2.13. The van der Waals surface area contributed by atoms with E-state index in [4.69, 9.17) is 17.4 Å². The van der Waals surface area contributed by atoms with Gasteiger partial charge in [0.2, 0.25) is 0 Å². The van der Waals surface area contributed by atoms with Crippen LogP contribution in [0, 0.1) is 12.7 Å². The Bertz CT molecular complexity index is 555. The zero-order valence-corrected chi connectivity index (χ0v) is 11.4. The minimum Gasteiger partial charge on any atom is -0.271 e. The van der Waals surface area contributed by atoms with E-state index in [0.717, 1.165) is 11.1 Å². The molecule has 0 saturated carbocycles. The van der Waals surface area contributed by atoms with Crippen molar-refractivity contribution in [2.45, 2.75) is 19.4 Å². The van der Waals surface area contributed by atoms with Crippen molar-refractivity contribution in [2.75, 3.05) is 0 Å². The summed E-state index contributed by atoms with van der Waals surface area (Å²) in [5.41, 5.74) is 5.73. The van der Waals surface area contributed by atoms with Crippen LogP contribution in [0.2, 0.25) is 5.02 Å². The molecule has 0 aliphatic rings. The molecule has 1 unspecified atom stereocenters. The maximum absolute atomic E-state index is 13.2. The lowest BCUT2D eigenvalue weighted by atomic mass is 9.98. The fraction of sp³-hybridized carbons (Fsp3) is 0.200. The van der Waals surface area contributed by atoms with Crippen molar-refractivity contribution in [1.82, 2.24) is 5.43 Å². The van der Waals surface area contributed by atoms with Gasteiger partial charge in [-0.05, 0) is 42.7 Å². The molecule has 0 spiro atoms. The molecule has 0 amide bonds. The molecule has 0 aromatic heterocycles. The molecule has 0 saturated heterocycles. The quantitative estimate of drug-likeness (QED) is 0.663. The van der Waals surface area contributed by atoms with Crippen molar-refractivity contribution in [3.8, 4) is 0 Å². The van der Waals surface area contributed by atoms with E-state index in [1.54, 1.807) is 6.07 Å². The number of rotatable bonds is 4. The SMILES string of the molecule is Cc1ccc(C(Cc2cc(F)ccc2Cl)NN)cc1. The third-order valence-corrected chi connectivity index (χ3v) is 3.48. The zero-order valence-electron chi connectivity index (χ0n) is 10.7.